The van der Waals surface area contributed by atoms with E-state index in [2.05, 4.69) is 0 Å². The zero-order valence-electron chi connectivity index (χ0n) is 15.1. The summed E-state index contributed by atoms with van der Waals surface area (Å²) in [7, 11) is -4.04. The van der Waals surface area contributed by atoms with E-state index in [4.69, 9.17) is 9.47 Å². The summed E-state index contributed by atoms with van der Waals surface area (Å²) in [6, 6.07) is 5.24. The van der Waals surface area contributed by atoms with E-state index < -0.39 is 34.1 Å². The lowest BCUT2D eigenvalue weighted by molar-refractivity contribution is -0.145. The summed E-state index contributed by atoms with van der Waals surface area (Å²) in [6.45, 7) is 1.82. The fourth-order valence-electron chi connectivity index (χ4n) is 3.75. The van der Waals surface area contributed by atoms with Gasteiger partial charge in [-0.15, -0.1) is 0 Å². The first-order valence-corrected chi connectivity index (χ1v) is 10.8. The molecule has 0 aromatic heterocycles. The van der Waals surface area contributed by atoms with Crippen LogP contribution in [0.4, 0.5) is 0 Å². The average Bonchev–Trinajstić information content (AvgIpc) is 3.15. The molecule has 150 valence electrons. The molecule has 0 amide bonds. The number of carbonyl (C=O) groups is 1. The first-order valence-electron chi connectivity index (χ1n) is 9.18. The number of carboxylic acids is 1. The third-order valence-electron chi connectivity index (χ3n) is 4.92. The van der Waals surface area contributed by atoms with Crippen molar-refractivity contribution in [2.75, 3.05) is 5.75 Å². The highest BCUT2D eigenvalue weighted by atomic mass is 32.2. The standard InChI is InChI=1S/C18H25NO7S/c1-2-5-11(20)10-27(23,24)19-17(18(21)22)26-15-9-4-7-13-12-6-3-8-14(12)25-16(13)15/h4,7,9,11-12,14,17,19-20H,2-3,5-6,8,10H2,1H3,(H,21,22). The van der Waals surface area contributed by atoms with Crippen molar-refractivity contribution in [3.05, 3.63) is 23.8 Å². The molecule has 1 fully saturated rings. The molecule has 1 aromatic carbocycles. The molecule has 0 spiro atoms. The van der Waals surface area contributed by atoms with Crippen LogP contribution in [0.3, 0.4) is 0 Å². The van der Waals surface area contributed by atoms with Gasteiger partial charge in [-0.3, -0.25) is 0 Å². The molecular weight excluding hydrogens is 374 g/mol. The highest BCUT2D eigenvalue weighted by molar-refractivity contribution is 7.89. The first kappa shape index (κ1) is 19.9. The molecule has 0 bridgehead atoms. The highest BCUT2D eigenvalue weighted by Crippen LogP contribution is 2.50. The Morgan fingerprint density at radius 3 is 2.89 bits per heavy atom. The van der Waals surface area contributed by atoms with Crippen LogP contribution in [0.25, 0.3) is 0 Å². The number of benzene rings is 1. The molecule has 8 nitrogen and oxygen atoms in total. The van der Waals surface area contributed by atoms with Gasteiger partial charge in [0.15, 0.2) is 11.5 Å². The van der Waals surface area contributed by atoms with E-state index >= 15 is 0 Å². The molecule has 4 unspecified atom stereocenters. The van der Waals surface area contributed by atoms with Gasteiger partial charge in [0.05, 0.1) is 11.9 Å². The summed E-state index contributed by atoms with van der Waals surface area (Å²) < 4.78 is 37.7. The number of aliphatic hydroxyl groups excluding tert-OH is 1. The predicted molar refractivity (Wildman–Crippen MR) is 97.3 cm³/mol. The lowest BCUT2D eigenvalue weighted by Gasteiger charge is -2.19. The van der Waals surface area contributed by atoms with Crippen LogP contribution in [-0.4, -0.2) is 48.8 Å². The Morgan fingerprint density at radius 1 is 1.41 bits per heavy atom. The third kappa shape index (κ3) is 4.53. The number of ether oxygens (including phenoxy) is 2. The number of nitrogens with one attached hydrogen (secondary N) is 1. The molecule has 1 aliphatic carbocycles. The van der Waals surface area contributed by atoms with Crippen LogP contribution in [0.15, 0.2) is 18.2 Å². The molecule has 2 aliphatic rings. The molecule has 1 saturated carbocycles. The molecule has 4 atom stereocenters. The average molecular weight is 399 g/mol. The monoisotopic (exact) mass is 399 g/mol. The highest BCUT2D eigenvalue weighted by Gasteiger charge is 2.40. The van der Waals surface area contributed by atoms with E-state index in [-0.39, 0.29) is 17.8 Å². The number of rotatable bonds is 9. The maximum absolute atomic E-state index is 12.2. The van der Waals surface area contributed by atoms with Gasteiger partial charge in [-0.25, -0.2) is 13.2 Å². The largest absolute Gasteiger partial charge is 0.486 e. The van der Waals surface area contributed by atoms with Gasteiger partial charge in [0.25, 0.3) is 6.23 Å². The zero-order valence-corrected chi connectivity index (χ0v) is 15.9. The number of carboxylic acid groups (broad SMARTS) is 1. The van der Waals surface area contributed by atoms with Crippen molar-refractivity contribution >= 4 is 16.0 Å². The number of hydrogen-bond donors (Lipinski definition) is 3. The molecule has 1 aliphatic heterocycles. The van der Waals surface area contributed by atoms with E-state index in [1.54, 1.807) is 12.1 Å². The summed E-state index contributed by atoms with van der Waals surface area (Å²) in [6.07, 6.45) is 1.14. The fraction of sp³-hybridized carbons (Fsp3) is 0.611. The van der Waals surface area contributed by atoms with Crippen molar-refractivity contribution in [3.63, 3.8) is 0 Å². The van der Waals surface area contributed by atoms with Gasteiger partial charge < -0.3 is 19.7 Å². The third-order valence-corrected chi connectivity index (χ3v) is 6.32. The van der Waals surface area contributed by atoms with Gasteiger partial charge in [0, 0.05) is 11.5 Å². The smallest absolute Gasteiger partial charge is 0.361 e. The van der Waals surface area contributed by atoms with E-state index in [1.807, 2.05) is 17.7 Å². The summed E-state index contributed by atoms with van der Waals surface area (Å²) in [5.74, 6) is -1.09. The SMILES string of the molecule is CCCC(O)CS(=O)(=O)NC(Oc1cccc2c1OC1CCCC21)C(=O)O. The summed E-state index contributed by atoms with van der Waals surface area (Å²) in [4.78, 5) is 11.5. The van der Waals surface area contributed by atoms with Crippen LogP contribution in [0.5, 0.6) is 11.5 Å². The number of sulfonamides is 1. The minimum absolute atomic E-state index is 0.0638. The van der Waals surface area contributed by atoms with Gasteiger partial charge in [-0.2, -0.15) is 4.72 Å². The van der Waals surface area contributed by atoms with Crippen LogP contribution in [0, 0.1) is 0 Å². The molecule has 1 heterocycles. The van der Waals surface area contributed by atoms with Crippen molar-refractivity contribution in [1.29, 1.82) is 0 Å². The second-order valence-corrected chi connectivity index (χ2v) is 8.84. The lowest BCUT2D eigenvalue weighted by Crippen LogP contribution is -2.47. The van der Waals surface area contributed by atoms with Crippen LogP contribution >= 0.6 is 0 Å². The van der Waals surface area contributed by atoms with Crippen LogP contribution < -0.4 is 14.2 Å². The Labute approximate surface area is 158 Å². The second-order valence-electron chi connectivity index (χ2n) is 7.05. The lowest BCUT2D eigenvalue weighted by atomic mass is 9.97. The number of hydrogen-bond acceptors (Lipinski definition) is 6. The normalized spacial score (nSPS) is 23.2. The molecule has 27 heavy (non-hydrogen) atoms. The van der Waals surface area contributed by atoms with Crippen molar-refractivity contribution in [3.8, 4) is 11.5 Å². The van der Waals surface area contributed by atoms with Crippen LogP contribution in [-0.2, 0) is 14.8 Å². The molecular formula is C18H25NO7S. The van der Waals surface area contributed by atoms with Crippen LogP contribution in [0.2, 0.25) is 0 Å². The summed E-state index contributed by atoms with van der Waals surface area (Å²) in [5, 5.41) is 19.1. The fourth-order valence-corrected chi connectivity index (χ4v) is 5.00. The predicted octanol–water partition coefficient (Wildman–Crippen LogP) is 1.58. The van der Waals surface area contributed by atoms with Gasteiger partial charge >= 0.3 is 5.97 Å². The van der Waals surface area contributed by atoms with Gasteiger partial charge in [0.1, 0.15) is 6.10 Å². The molecule has 0 radical (unpaired) electrons. The second kappa shape index (κ2) is 8.04. The Hall–Kier alpha value is -1.84. The molecule has 3 N–H and O–H groups in total. The number of aliphatic hydroxyl groups is 1. The first-order chi connectivity index (χ1) is 12.8. The van der Waals surface area contributed by atoms with Crippen molar-refractivity contribution in [2.45, 2.75) is 63.4 Å². The minimum atomic E-state index is -4.04. The van der Waals surface area contributed by atoms with Gasteiger partial charge in [-0.05, 0) is 31.7 Å². The van der Waals surface area contributed by atoms with Crippen molar-refractivity contribution in [1.82, 2.24) is 4.72 Å². The van der Waals surface area contributed by atoms with Gasteiger partial charge in [0.2, 0.25) is 10.0 Å². The van der Waals surface area contributed by atoms with Crippen molar-refractivity contribution < 1.29 is 32.9 Å². The number of aliphatic carboxylic acids is 1. The summed E-state index contributed by atoms with van der Waals surface area (Å²) >= 11 is 0. The Balaban J connectivity index is 1.75. The molecule has 1 aromatic rings. The van der Waals surface area contributed by atoms with Crippen LogP contribution in [0.1, 0.15) is 50.5 Å². The van der Waals surface area contributed by atoms with E-state index in [9.17, 15) is 23.4 Å². The number of fused-ring (bicyclic) bond motifs is 3. The minimum Gasteiger partial charge on any atom is -0.486 e. The van der Waals surface area contributed by atoms with E-state index in [1.165, 1.54) is 0 Å². The zero-order chi connectivity index (χ0) is 19.6. The molecule has 0 saturated heterocycles. The molecule has 3 rings (SSSR count). The molecule has 9 heteroatoms. The maximum Gasteiger partial charge on any atom is 0.361 e. The number of para-hydroxylation sites is 1. The Bertz CT molecular complexity index is 795. The van der Waals surface area contributed by atoms with Crippen molar-refractivity contribution in [2.24, 2.45) is 0 Å². The topological polar surface area (TPSA) is 122 Å². The van der Waals surface area contributed by atoms with E-state index in [0.29, 0.717) is 18.6 Å². The van der Waals surface area contributed by atoms with Gasteiger partial charge in [-0.1, -0.05) is 25.5 Å². The van der Waals surface area contributed by atoms with E-state index in [0.717, 1.165) is 24.8 Å². The Morgan fingerprint density at radius 2 is 2.19 bits per heavy atom. The Kier molecular flexibility index (Phi) is 5.92. The quantitative estimate of drug-likeness (QED) is 0.539. The summed E-state index contributed by atoms with van der Waals surface area (Å²) in [5.41, 5.74) is 0.973. The maximum atomic E-state index is 12.2.